The zero-order chi connectivity index (χ0) is 14.9. The van der Waals surface area contributed by atoms with Gasteiger partial charge in [0.1, 0.15) is 0 Å². The predicted octanol–water partition coefficient (Wildman–Crippen LogP) is 3.25. The molecule has 21 heavy (non-hydrogen) atoms. The van der Waals surface area contributed by atoms with Crippen molar-refractivity contribution in [3.05, 3.63) is 66.0 Å². The monoisotopic (exact) mass is 283 g/mol. The summed E-state index contributed by atoms with van der Waals surface area (Å²) < 4.78 is 0. The van der Waals surface area contributed by atoms with Gasteiger partial charge in [0.2, 0.25) is 0 Å². The van der Waals surface area contributed by atoms with Gasteiger partial charge >= 0.3 is 0 Å². The Hall–Kier alpha value is -1.71. The van der Waals surface area contributed by atoms with Gasteiger partial charge in [0.25, 0.3) is 0 Å². The summed E-state index contributed by atoms with van der Waals surface area (Å²) in [4.78, 5) is 6.55. The van der Waals surface area contributed by atoms with E-state index in [9.17, 15) is 0 Å². The second-order valence-corrected chi connectivity index (χ2v) is 5.26. The first-order valence-electron chi connectivity index (χ1n) is 7.67. The van der Waals surface area contributed by atoms with Crippen LogP contribution in [0.2, 0.25) is 0 Å². The first-order valence-corrected chi connectivity index (χ1v) is 7.67. The molecule has 0 saturated carbocycles. The molecule has 1 unspecified atom stereocenters. The topological polar surface area (TPSA) is 28.2 Å². The van der Waals surface area contributed by atoms with E-state index in [4.69, 9.17) is 0 Å². The highest BCUT2D eigenvalue weighted by Crippen LogP contribution is 2.17. The maximum Gasteiger partial charge on any atom is 0.0329 e. The van der Waals surface area contributed by atoms with E-state index in [-0.39, 0.29) is 0 Å². The van der Waals surface area contributed by atoms with Gasteiger partial charge in [-0.3, -0.25) is 9.88 Å². The number of pyridine rings is 1. The van der Waals surface area contributed by atoms with Crippen molar-refractivity contribution < 1.29 is 0 Å². The van der Waals surface area contributed by atoms with E-state index < -0.39 is 0 Å². The Morgan fingerprint density at radius 3 is 2.43 bits per heavy atom. The molecule has 0 spiro atoms. The number of hydrogen-bond donors (Lipinski definition) is 1. The quantitative estimate of drug-likeness (QED) is 0.806. The smallest absolute Gasteiger partial charge is 0.0329 e. The van der Waals surface area contributed by atoms with Crippen molar-refractivity contribution in [2.75, 3.05) is 20.1 Å². The summed E-state index contributed by atoms with van der Waals surface area (Å²) in [6, 6.07) is 15.3. The number of hydrogen-bond acceptors (Lipinski definition) is 3. The summed E-state index contributed by atoms with van der Waals surface area (Å²) in [7, 11) is 2.04. The van der Waals surface area contributed by atoms with Crippen LogP contribution >= 0.6 is 0 Å². The van der Waals surface area contributed by atoms with Crippen LogP contribution in [0.4, 0.5) is 0 Å². The zero-order valence-electron chi connectivity index (χ0n) is 13.0. The van der Waals surface area contributed by atoms with Gasteiger partial charge in [0.05, 0.1) is 0 Å². The normalized spacial score (nSPS) is 12.5. The summed E-state index contributed by atoms with van der Waals surface area (Å²) in [5, 5.41) is 3.42. The molecule has 2 rings (SSSR count). The third kappa shape index (κ3) is 4.96. The Bertz CT molecular complexity index is 498. The van der Waals surface area contributed by atoms with E-state index >= 15 is 0 Å². The average molecular weight is 283 g/mol. The number of nitrogens with zero attached hydrogens (tertiary/aromatic N) is 2. The summed E-state index contributed by atoms with van der Waals surface area (Å²) in [6.07, 6.45) is 4.84. The molecular weight excluding hydrogens is 258 g/mol. The van der Waals surface area contributed by atoms with Crippen LogP contribution in [0.15, 0.2) is 54.9 Å². The van der Waals surface area contributed by atoms with Crippen LogP contribution in [-0.2, 0) is 6.54 Å². The second kappa shape index (κ2) is 8.55. The van der Waals surface area contributed by atoms with Crippen LogP contribution in [0.25, 0.3) is 0 Å². The van der Waals surface area contributed by atoms with Crippen LogP contribution in [0.3, 0.4) is 0 Å². The van der Waals surface area contributed by atoms with E-state index in [1.165, 1.54) is 11.1 Å². The lowest BCUT2D eigenvalue weighted by Gasteiger charge is -2.24. The Labute approximate surface area is 128 Å². The van der Waals surface area contributed by atoms with E-state index in [2.05, 4.69) is 64.6 Å². The van der Waals surface area contributed by atoms with Crippen LogP contribution < -0.4 is 5.32 Å². The third-order valence-electron chi connectivity index (χ3n) is 3.89. The van der Waals surface area contributed by atoms with E-state index in [0.717, 1.165) is 26.1 Å². The highest BCUT2D eigenvalue weighted by molar-refractivity contribution is 5.18. The first kappa shape index (κ1) is 15.7. The summed E-state index contributed by atoms with van der Waals surface area (Å²) in [5.41, 5.74) is 2.69. The molecule has 0 saturated heterocycles. The van der Waals surface area contributed by atoms with E-state index in [0.29, 0.717) is 6.04 Å². The minimum absolute atomic E-state index is 0.415. The standard InChI is InChI=1S/C18H25N3/c1-3-21(15-16-9-12-20-13-10-16)14-11-18(19-2)17-7-5-4-6-8-17/h4-10,12-13,18-19H,3,11,14-15H2,1-2H3. The fourth-order valence-electron chi connectivity index (χ4n) is 2.57. The molecule has 0 aliphatic rings. The summed E-state index contributed by atoms with van der Waals surface area (Å²) in [6.45, 7) is 5.36. The number of benzene rings is 1. The Morgan fingerprint density at radius 1 is 1.10 bits per heavy atom. The third-order valence-corrected chi connectivity index (χ3v) is 3.89. The van der Waals surface area contributed by atoms with E-state index in [1.54, 1.807) is 0 Å². The average Bonchev–Trinajstić information content (AvgIpc) is 2.56. The molecule has 1 aromatic heterocycles. The van der Waals surface area contributed by atoms with Crippen molar-refractivity contribution >= 4 is 0 Å². The molecule has 2 aromatic rings. The SMILES string of the molecule is CCN(CCC(NC)c1ccccc1)Cc1ccncc1. The van der Waals surface area contributed by atoms with Crippen molar-refractivity contribution in [2.45, 2.75) is 25.9 Å². The van der Waals surface area contributed by atoms with Crippen LogP contribution in [0.1, 0.15) is 30.5 Å². The number of aromatic nitrogens is 1. The Morgan fingerprint density at radius 2 is 1.81 bits per heavy atom. The molecule has 0 aliphatic heterocycles. The van der Waals surface area contributed by atoms with E-state index in [1.807, 2.05) is 19.4 Å². The van der Waals surface area contributed by atoms with Gasteiger partial charge in [-0.25, -0.2) is 0 Å². The molecular formula is C18H25N3. The molecule has 0 aliphatic carbocycles. The molecule has 1 heterocycles. The summed E-state index contributed by atoms with van der Waals surface area (Å²) in [5.74, 6) is 0. The van der Waals surface area contributed by atoms with Gasteiger partial charge < -0.3 is 5.32 Å². The molecule has 112 valence electrons. The van der Waals surface area contributed by atoms with Gasteiger partial charge in [-0.2, -0.15) is 0 Å². The lowest BCUT2D eigenvalue weighted by atomic mass is 10.0. The second-order valence-electron chi connectivity index (χ2n) is 5.26. The van der Waals surface area contributed by atoms with Gasteiger partial charge in [-0.1, -0.05) is 37.3 Å². The molecule has 0 bridgehead atoms. The van der Waals surface area contributed by atoms with Crippen molar-refractivity contribution in [1.29, 1.82) is 0 Å². The maximum absolute atomic E-state index is 4.08. The van der Waals surface area contributed by atoms with Gasteiger partial charge in [0.15, 0.2) is 0 Å². The Kier molecular flexibility index (Phi) is 6.38. The lowest BCUT2D eigenvalue weighted by molar-refractivity contribution is 0.263. The molecule has 1 atom stereocenters. The molecule has 3 heteroatoms. The minimum atomic E-state index is 0.415. The fourth-order valence-corrected chi connectivity index (χ4v) is 2.57. The molecule has 0 radical (unpaired) electrons. The van der Waals surface area contributed by atoms with Crippen molar-refractivity contribution in [3.63, 3.8) is 0 Å². The maximum atomic E-state index is 4.08. The summed E-state index contributed by atoms with van der Waals surface area (Å²) >= 11 is 0. The van der Waals surface area contributed by atoms with Gasteiger partial charge in [-0.15, -0.1) is 0 Å². The minimum Gasteiger partial charge on any atom is -0.313 e. The number of nitrogens with one attached hydrogen (secondary N) is 1. The van der Waals surface area contributed by atoms with Gasteiger partial charge in [0, 0.05) is 31.5 Å². The Balaban J connectivity index is 1.90. The highest BCUT2D eigenvalue weighted by atomic mass is 15.1. The van der Waals surface area contributed by atoms with Crippen LogP contribution in [-0.4, -0.2) is 30.0 Å². The van der Waals surface area contributed by atoms with Crippen molar-refractivity contribution in [2.24, 2.45) is 0 Å². The van der Waals surface area contributed by atoms with Gasteiger partial charge in [-0.05, 0) is 43.3 Å². The van der Waals surface area contributed by atoms with Crippen molar-refractivity contribution in [1.82, 2.24) is 15.2 Å². The fraction of sp³-hybridized carbons (Fsp3) is 0.389. The lowest BCUT2D eigenvalue weighted by Crippen LogP contribution is -2.28. The molecule has 3 nitrogen and oxygen atoms in total. The zero-order valence-corrected chi connectivity index (χ0v) is 13.0. The molecule has 0 amide bonds. The van der Waals surface area contributed by atoms with Crippen LogP contribution in [0, 0.1) is 0 Å². The molecule has 1 aromatic carbocycles. The largest absolute Gasteiger partial charge is 0.313 e. The predicted molar refractivity (Wildman–Crippen MR) is 88.0 cm³/mol. The highest BCUT2D eigenvalue weighted by Gasteiger charge is 2.11. The molecule has 1 N–H and O–H groups in total. The first-order chi connectivity index (χ1) is 10.3. The molecule has 0 fully saturated rings. The van der Waals surface area contributed by atoms with Crippen LogP contribution in [0.5, 0.6) is 0 Å². The number of rotatable bonds is 8. The van der Waals surface area contributed by atoms with Crippen molar-refractivity contribution in [3.8, 4) is 0 Å².